The molecule has 0 heterocycles. The number of halogens is 2. The van der Waals surface area contributed by atoms with E-state index in [1.54, 1.807) is 19.1 Å². The van der Waals surface area contributed by atoms with Crippen molar-refractivity contribution in [3.05, 3.63) is 35.1 Å². The summed E-state index contributed by atoms with van der Waals surface area (Å²) in [6.45, 7) is 5.64. The van der Waals surface area contributed by atoms with Crippen LogP contribution in [0.4, 0.5) is 4.39 Å². The molecule has 0 bridgehead atoms. The summed E-state index contributed by atoms with van der Waals surface area (Å²) in [5.41, 5.74) is 0.294. The number of nitrogens with one attached hydrogen (secondary N) is 1. The van der Waals surface area contributed by atoms with Crippen molar-refractivity contribution in [3.63, 3.8) is 0 Å². The van der Waals surface area contributed by atoms with Gasteiger partial charge in [0.15, 0.2) is 0 Å². The van der Waals surface area contributed by atoms with E-state index in [1.165, 1.54) is 6.07 Å². The van der Waals surface area contributed by atoms with E-state index in [-0.39, 0.29) is 17.0 Å². The van der Waals surface area contributed by atoms with Gasteiger partial charge >= 0.3 is 0 Å². The van der Waals surface area contributed by atoms with Gasteiger partial charge in [-0.15, -0.1) is 0 Å². The average Bonchev–Trinajstić information content (AvgIpc) is 2.32. The third kappa shape index (κ3) is 3.55. The molecule has 2 nitrogen and oxygen atoms in total. The Labute approximate surface area is 116 Å². The second kappa shape index (κ2) is 6.32. The van der Waals surface area contributed by atoms with Gasteiger partial charge in [0.25, 0.3) is 5.91 Å². The molecule has 0 aliphatic rings. The molecule has 0 aliphatic heterocycles. The molecule has 1 rings (SSSR count). The third-order valence-corrected chi connectivity index (χ3v) is 3.67. The van der Waals surface area contributed by atoms with Gasteiger partial charge in [0, 0.05) is 10.9 Å². The molecule has 1 amide bonds. The number of hydrogen-bond donors (Lipinski definition) is 1. The minimum atomic E-state index is -0.438. The fourth-order valence-corrected chi connectivity index (χ4v) is 2.58. The van der Waals surface area contributed by atoms with Crippen LogP contribution < -0.4 is 5.32 Å². The van der Waals surface area contributed by atoms with Crippen LogP contribution >= 0.6 is 15.9 Å². The topological polar surface area (TPSA) is 29.1 Å². The first-order valence-electron chi connectivity index (χ1n) is 6.07. The molecule has 1 aromatic carbocycles. The Kier molecular flexibility index (Phi) is 5.32. The Hall–Kier alpha value is -0.900. The molecule has 0 saturated heterocycles. The predicted octanol–water partition coefficient (Wildman–Crippen LogP) is 3.82. The molecule has 1 N–H and O–H groups in total. The van der Waals surface area contributed by atoms with E-state index < -0.39 is 5.82 Å². The van der Waals surface area contributed by atoms with E-state index >= 15 is 0 Å². The van der Waals surface area contributed by atoms with Crippen LogP contribution in [0.5, 0.6) is 0 Å². The summed E-state index contributed by atoms with van der Waals surface area (Å²) in [5, 5.41) is 3.72. The highest BCUT2D eigenvalue weighted by Gasteiger charge is 2.25. The van der Waals surface area contributed by atoms with Gasteiger partial charge in [-0.3, -0.25) is 4.79 Å². The zero-order valence-electron chi connectivity index (χ0n) is 11.0. The van der Waals surface area contributed by atoms with E-state index in [1.807, 2.05) is 13.8 Å². The molecule has 0 aromatic heterocycles. The van der Waals surface area contributed by atoms with Crippen molar-refractivity contribution in [1.29, 1.82) is 0 Å². The summed E-state index contributed by atoms with van der Waals surface area (Å²) >= 11 is 3.37. The fourth-order valence-electron chi connectivity index (χ4n) is 1.70. The SMILES string of the molecule is CCC(C)(CCBr)NC(=O)c1cccc(C)c1F. The molecule has 4 heteroatoms. The van der Waals surface area contributed by atoms with Gasteiger partial charge < -0.3 is 5.32 Å². The van der Waals surface area contributed by atoms with Crippen molar-refractivity contribution in [2.75, 3.05) is 5.33 Å². The maximum absolute atomic E-state index is 13.8. The summed E-state index contributed by atoms with van der Waals surface area (Å²) in [6, 6.07) is 4.87. The van der Waals surface area contributed by atoms with Crippen molar-refractivity contribution < 1.29 is 9.18 Å². The quantitative estimate of drug-likeness (QED) is 0.822. The van der Waals surface area contributed by atoms with Crippen LogP contribution in [0.25, 0.3) is 0 Å². The summed E-state index contributed by atoms with van der Waals surface area (Å²) in [7, 11) is 0. The van der Waals surface area contributed by atoms with E-state index in [0.29, 0.717) is 5.56 Å². The zero-order valence-corrected chi connectivity index (χ0v) is 12.6. The van der Waals surface area contributed by atoms with Gasteiger partial charge in [-0.05, 0) is 38.3 Å². The largest absolute Gasteiger partial charge is 0.347 e. The van der Waals surface area contributed by atoms with E-state index in [0.717, 1.165) is 18.2 Å². The lowest BCUT2D eigenvalue weighted by molar-refractivity contribution is 0.0897. The van der Waals surface area contributed by atoms with E-state index in [9.17, 15) is 9.18 Å². The maximum Gasteiger partial charge on any atom is 0.254 e. The number of carbonyl (C=O) groups is 1. The second-order valence-electron chi connectivity index (χ2n) is 4.74. The molecule has 0 radical (unpaired) electrons. The molecule has 0 spiro atoms. The number of aryl methyl sites for hydroxylation is 1. The Morgan fingerprint density at radius 1 is 1.50 bits per heavy atom. The third-order valence-electron chi connectivity index (χ3n) is 3.28. The van der Waals surface area contributed by atoms with Gasteiger partial charge in [0.1, 0.15) is 5.82 Å². The Morgan fingerprint density at radius 2 is 2.17 bits per heavy atom. The summed E-state index contributed by atoms with van der Waals surface area (Å²) in [6.07, 6.45) is 1.61. The van der Waals surface area contributed by atoms with Crippen molar-refractivity contribution in [2.45, 2.75) is 39.2 Å². The predicted molar refractivity (Wildman–Crippen MR) is 75.7 cm³/mol. The van der Waals surface area contributed by atoms with Crippen molar-refractivity contribution in [3.8, 4) is 0 Å². The van der Waals surface area contributed by atoms with Crippen LogP contribution in [0.2, 0.25) is 0 Å². The monoisotopic (exact) mass is 315 g/mol. The lowest BCUT2D eigenvalue weighted by Gasteiger charge is -2.29. The molecule has 1 atom stereocenters. The normalized spacial score (nSPS) is 14.1. The van der Waals surface area contributed by atoms with Gasteiger partial charge in [-0.1, -0.05) is 35.0 Å². The van der Waals surface area contributed by atoms with Crippen molar-refractivity contribution in [1.82, 2.24) is 5.32 Å². The molecule has 18 heavy (non-hydrogen) atoms. The number of benzene rings is 1. The first-order chi connectivity index (χ1) is 8.43. The van der Waals surface area contributed by atoms with E-state index in [2.05, 4.69) is 21.2 Å². The van der Waals surface area contributed by atoms with Crippen LogP contribution in [0.3, 0.4) is 0 Å². The maximum atomic E-state index is 13.8. The molecule has 0 saturated carbocycles. The number of amides is 1. The molecule has 100 valence electrons. The lowest BCUT2D eigenvalue weighted by Crippen LogP contribution is -2.46. The highest BCUT2D eigenvalue weighted by atomic mass is 79.9. The molecular weight excluding hydrogens is 297 g/mol. The number of hydrogen-bond acceptors (Lipinski definition) is 1. The van der Waals surface area contributed by atoms with Crippen LogP contribution in [0.15, 0.2) is 18.2 Å². The summed E-state index contributed by atoms with van der Waals surface area (Å²) < 4.78 is 13.8. The van der Waals surface area contributed by atoms with Crippen molar-refractivity contribution >= 4 is 21.8 Å². The minimum Gasteiger partial charge on any atom is -0.347 e. The summed E-state index contributed by atoms with van der Waals surface area (Å²) in [4.78, 5) is 12.1. The molecule has 0 fully saturated rings. The van der Waals surface area contributed by atoms with Crippen LogP contribution in [0, 0.1) is 12.7 Å². The van der Waals surface area contributed by atoms with Crippen molar-refractivity contribution in [2.24, 2.45) is 0 Å². The van der Waals surface area contributed by atoms with Gasteiger partial charge in [0.05, 0.1) is 5.56 Å². The minimum absolute atomic E-state index is 0.115. The number of alkyl halides is 1. The van der Waals surface area contributed by atoms with Crippen LogP contribution in [-0.4, -0.2) is 16.8 Å². The Bertz CT molecular complexity index is 436. The molecule has 1 aromatic rings. The van der Waals surface area contributed by atoms with E-state index in [4.69, 9.17) is 0 Å². The highest BCUT2D eigenvalue weighted by Crippen LogP contribution is 2.18. The molecule has 0 aliphatic carbocycles. The van der Waals surface area contributed by atoms with Crippen LogP contribution in [-0.2, 0) is 0 Å². The number of carbonyl (C=O) groups excluding carboxylic acids is 1. The summed E-state index contributed by atoms with van der Waals surface area (Å²) in [5.74, 6) is -0.784. The number of rotatable bonds is 5. The van der Waals surface area contributed by atoms with Crippen LogP contribution in [0.1, 0.15) is 42.6 Å². The highest BCUT2D eigenvalue weighted by molar-refractivity contribution is 9.09. The van der Waals surface area contributed by atoms with Gasteiger partial charge in [-0.2, -0.15) is 0 Å². The standard InChI is InChI=1S/C14H19BrFNO/c1-4-14(3,8-9-15)17-13(18)11-7-5-6-10(2)12(11)16/h5-7H,4,8-9H2,1-3H3,(H,17,18). The Morgan fingerprint density at radius 3 is 2.72 bits per heavy atom. The molecular formula is C14H19BrFNO. The first-order valence-corrected chi connectivity index (χ1v) is 7.19. The lowest BCUT2D eigenvalue weighted by atomic mass is 9.95. The Balaban J connectivity index is 2.91. The zero-order chi connectivity index (χ0) is 13.8. The average molecular weight is 316 g/mol. The fraction of sp³-hybridized carbons (Fsp3) is 0.500. The van der Waals surface area contributed by atoms with Gasteiger partial charge in [0.2, 0.25) is 0 Å². The molecule has 1 unspecified atom stereocenters. The smallest absolute Gasteiger partial charge is 0.254 e. The van der Waals surface area contributed by atoms with Gasteiger partial charge in [-0.25, -0.2) is 4.39 Å². The first kappa shape index (κ1) is 15.2. The second-order valence-corrected chi connectivity index (χ2v) is 5.54.